The minimum atomic E-state index is -0.341. The molecule has 0 radical (unpaired) electrons. The molecule has 24 heavy (non-hydrogen) atoms. The van der Waals surface area contributed by atoms with Crippen molar-refractivity contribution < 1.29 is 19.0 Å². The molecule has 2 rings (SSSR count). The molecule has 2 aliphatic rings. The number of hydrogen-bond acceptors (Lipinski definition) is 5. The minimum absolute atomic E-state index is 0.341. The summed E-state index contributed by atoms with van der Waals surface area (Å²) in [6.45, 7) is 5.79. The number of alkyl carbamates (subject to hydrolysis) is 1. The number of rotatable bonds is 10. The van der Waals surface area contributed by atoms with E-state index in [1.807, 2.05) is 0 Å². The normalized spacial score (nSPS) is 25.9. The van der Waals surface area contributed by atoms with Crippen LogP contribution in [-0.2, 0) is 14.2 Å². The molecule has 0 bridgehead atoms. The number of carbonyl (C=O) groups excluding carboxylic acids is 1. The lowest BCUT2D eigenvalue weighted by molar-refractivity contribution is 0.0511. The lowest BCUT2D eigenvalue weighted by atomic mass is 10.0. The summed E-state index contributed by atoms with van der Waals surface area (Å²) in [5, 5.41) is 2.72. The molecule has 1 amide bonds. The number of hydrogen-bond donors (Lipinski definition) is 2. The smallest absolute Gasteiger partial charge is 0.407 e. The molecule has 1 unspecified atom stereocenters. The summed E-state index contributed by atoms with van der Waals surface area (Å²) >= 11 is 0. The van der Waals surface area contributed by atoms with Gasteiger partial charge in [0.2, 0.25) is 0 Å². The number of fused-ring (bicyclic) bond motifs is 1. The van der Waals surface area contributed by atoms with Gasteiger partial charge in [-0.15, -0.1) is 0 Å². The molecule has 0 aromatic heterocycles. The first-order chi connectivity index (χ1) is 11.7. The number of allylic oxidation sites excluding steroid dienone is 2. The zero-order chi connectivity index (χ0) is 17.2. The van der Waals surface area contributed by atoms with E-state index in [0.717, 1.165) is 11.8 Å². The van der Waals surface area contributed by atoms with E-state index < -0.39 is 0 Å². The SMILES string of the molecule is CC1=CCC[C@H]2C(COC(=O)NCCOCCOCCN)[C@H]2CC1. The van der Waals surface area contributed by atoms with Crippen LogP contribution in [0.3, 0.4) is 0 Å². The van der Waals surface area contributed by atoms with Crippen LogP contribution in [0.5, 0.6) is 0 Å². The van der Waals surface area contributed by atoms with Gasteiger partial charge in [-0.25, -0.2) is 4.79 Å². The van der Waals surface area contributed by atoms with Crippen molar-refractivity contribution in [2.45, 2.75) is 32.6 Å². The Morgan fingerprint density at radius 2 is 1.96 bits per heavy atom. The third-order valence-electron chi connectivity index (χ3n) is 4.93. The van der Waals surface area contributed by atoms with E-state index in [1.165, 1.54) is 31.3 Å². The standard InChI is InChI=1S/C18H32N2O4/c1-14-3-2-4-15-16(6-5-14)17(15)13-24-18(21)20-8-10-23-12-11-22-9-7-19/h3,15-17H,2,4-13,19H2,1H3,(H,20,21)/t15-,16+,17?/m1/s1. The number of amides is 1. The van der Waals surface area contributed by atoms with E-state index in [9.17, 15) is 4.79 Å². The lowest BCUT2D eigenvalue weighted by Crippen LogP contribution is -2.29. The molecule has 3 N–H and O–H groups in total. The van der Waals surface area contributed by atoms with E-state index in [2.05, 4.69) is 18.3 Å². The predicted molar refractivity (Wildman–Crippen MR) is 92.7 cm³/mol. The molecule has 3 atom stereocenters. The largest absolute Gasteiger partial charge is 0.449 e. The van der Waals surface area contributed by atoms with Gasteiger partial charge < -0.3 is 25.3 Å². The van der Waals surface area contributed by atoms with Crippen LogP contribution in [0.2, 0.25) is 0 Å². The predicted octanol–water partition coefficient (Wildman–Crippen LogP) is 2.09. The molecule has 6 heteroatoms. The number of carbonyl (C=O) groups is 1. The number of ether oxygens (including phenoxy) is 3. The van der Waals surface area contributed by atoms with Gasteiger partial charge >= 0.3 is 6.09 Å². The average Bonchev–Trinajstić information content (AvgIpc) is 3.22. The first kappa shape index (κ1) is 19.2. The van der Waals surface area contributed by atoms with Gasteiger partial charge in [0, 0.05) is 13.1 Å². The van der Waals surface area contributed by atoms with Gasteiger partial charge in [0.1, 0.15) is 0 Å². The van der Waals surface area contributed by atoms with E-state index in [-0.39, 0.29) is 6.09 Å². The van der Waals surface area contributed by atoms with Crippen molar-refractivity contribution in [1.82, 2.24) is 5.32 Å². The Kier molecular flexibility index (Phi) is 8.56. The molecule has 0 saturated heterocycles. The van der Waals surface area contributed by atoms with Crippen LogP contribution in [0, 0.1) is 17.8 Å². The summed E-state index contributed by atoms with van der Waals surface area (Å²) in [5.41, 5.74) is 6.81. The van der Waals surface area contributed by atoms with Crippen molar-refractivity contribution in [2.75, 3.05) is 46.1 Å². The van der Waals surface area contributed by atoms with Crippen molar-refractivity contribution in [2.24, 2.45) is 23.5 Å². The first-order valence-corrected chi connectivity index (χ1v) is 9.14. The van der Waals surface area contributed by atoms with Crippen molar-refractivity contribution in [3.63, 3.8) is 0 Å². The average molecular weight is 340 g/mol. The highest BCUT2D eigenvalue weighted by Crippen LogP contribution is 2.53. The lowest BCUT2D eigenvalue weighted by Gasteiger charge is -2.08. The number of nitrogens with two attached hydrogens (primary N) is 1. The van der Waals surface area contributed by atoms with Gasteiger partial charge in [0.25, 0.3) is 0 Å². The second kappa shape index (κ2) is 10.7. The van der Waals surface area contributed by atoms with Gasteiger partial charge in [-0.1, -0.05) is 11.6 Å². The quantitative estimate of drug-likeness (QED) is 0.470. The fourth-order valence-corrected chi connectivity index (χ4v) is 3.50. The monoisotopic (exact) mass is 340 g/mol. The van der Waals surface area contributed by atoms with Crippen molar-refractivity contribution in [3.05, 3.63) is 11.6 Å². The fourth-order valence-electron chi connectivity index (χ4n) is 3.50. The zero-order valence-electron chi connectivity index (χ0n) is 14.8. The zero-order valence-corrected chi connectivity index (χ0v) is 14.8. The summed E-state index contributed by atoms with van der Waals surface area (Å²) < 4.78 is 15.9. The van der Waals surface area contributed by atoms with Crippen LogP contribution in [0.15, 0.2) is 11.6 Å². The van der Waals surface area contributed by atoms with Gasteiger partial charge in [0.05, 0.1) is 33.0 Å². The minimum Gasteiger partial charge on any atom is -0.449 e. The molecule has 0 aliphatic heterocycles. The van der Waals surface area contributed by atoms with Crippen LogP contribution in [-0.4, -0.2) is 52.2 Å². The van der Waals surface area contributed by atoms with Crippen molar-refractivity contribution >= 4 is 6.09 Å². The molecule has 1 fully saturated rings. The van der Waals surface area contributed by atoms with E-state index in [4.69, 9.17) is 19.9 Å². The van der Waals surface area contributed by atoms with Gasteiger partial charge in [-0.2, -0.15) is 0 Å². The van der Waals surface area contributed by atoms with Crippen LogP contribution in [0.1, 0.15) is 32.6 Å². The summed E-state index contributed by atoms with van der Waals surface area (Å²) in [4.78, 5) is 11.7. The van der Waals surface area contributed by atoms with Gasteiger partial charge in [0.15, 0.2) is 0 Å². The highest BCUT2D eigenvalue weighted by Gasteiger charge is 2.49. The second-order valence-electron chi connectivity index (χ2n) is 6.70. The summed E-state index contributed by atoms with van der Waals surface area (Å²) in [6.07, 6.45) is 6.85. The van der Waals surface area contributed by atoms with Crippen LogP contribution >= 0.6 is 0 Å². The summed E-state index contributed by atoms with van der Waals surface area (Å²) in [6, 6.07) is 0. The fraction of sp³-hybridized carbons (Fsp3) is 0.833. The third kappa shape index (κ3) is 6.79. The maximum Gasteiger partial charge on any atom is 0.407 e. The van der Waals surface area contributed by atoms with Crippen LogP contribution < -0.4 is 11.1 Å². The molecule has 2 aliphatic carbocycles. The Labute approximate surface area is 145 Å². The molecule has 0 aromatic carbocycles. The van der Waals surface area contributed by atoms with Crippen molar-refractivity contribution in [3.8, 4) is 0 Å². The Morgan fingerprint density at radius 3 is 2.75 bits per heavy atom. The Bertz CT molecular complexity index is 414. The van der Waals surface area contributed by atoms with E-state index >= 15 is 0 Å². The van der Waals surface area contributed by atoms with Crippen LogP contribution in [0.25, 0.3) is 0 Å². The topological polar surface area (TPSA) is 82.8 Å². The Balaban J connectivity index is 1.46. The maximum atomic E-state index is 11.7. The molecule has 1 saturated carbocycles. The first-order valence-electron chi connectivity index (χ1n) is 9.14. The van der Waals surface area contributed by atoms with E-state index in [0.29, 0.717) is 52.0 Å². The summed E-state index contributed by atoms with van der Waals surface area (Å²) in [5.74, 6) is 2.06. The maximum absolute atomic E-state index is 11.7. The summed E-state index contributed by atoms with van der Waals surface area (Å²) in [7, 11) is 0. The van der Waals surface area contributed by atoms with Gasteiger partial charge in [-0.3, -0.25) is 0 Å². The third-order valence-corrected chi connectivity index (χ3v) is 4.93. The molecule has 6 nitrogen and oxygen atoms in total. The number of nitrogens with one attached hydrogen (secondary N) is 1. The molecular weight excluding hydrogens is 308 g/mol. The highest BCUT2D eigenvalue weighted by atomic mass is 16.6. The molecule has 0 spiro atoms. The van der Waals surface area contributed by atoms with Crippen molar-refractivity contribution in [1.29, 1.82) is 0 Å². The molecule has 138 valence electrons. The Hall–Kier alpha value is -1.11. The Morgan fingerprint density at radius 1 is 1.21 bits per heavy atom. The second-order valence-corrected chi connectivity index (χ2v) is 6.70. The van der Waals surface area contributed by atoms with E-state index in [1.54, 1.807) is 0 Å². The molecule has 0 heterocycles. The highest BCUT2D eigenvalue weighted by molar-refractivity contribution is 5.67. The molecule has 0 aromatic rings. The van der Waals surface area contributed by atoms with Crippen LogP contribution in [0.4, 0.5) is 4.79 Å². The molecular formula is C18H32N2O4. The van der Waals surface area contributed by atoms with Gasteiger partial charge in [-0.05, 0) is 50.4 Å².